The van der Waals surface area contributed by atoms with Crippen LogP contribution in [0.2, 0.25) is 0 Å². The lowest BCUT2D eigenvalue weighted by atomic mass is 10.1. The summed E-state index contributed by atoms with van der Waals surface area (Å²) >= 11 is 13.6. The topological polar surface area (TPSA) is 93.1 Å². The lowest BCUT2D eigenvalue weighted by molar-refractivity contribution is -0.105. The number of unbranched alkanes of at least 4 members (excludes halogenated alkanes) is 12. The maximum absolute atomic E-state index is 12.1. The Morgan fingerprint density at radius 1 is 0.425 bits per heavy atom. The largest absolute Gasteiger partial charge is 0.477 e. The summed E-state index contributed by atoms with van der Waals surface area (Å²) in [5, 5.41) is 19.9. The number of hydrogen-bond acceptors (Lipinski definition) is 12. The van der Waals surface area contributed by atoms with Crippen LogP contribution >= 0.6 is 90.7 Å². The highest BCUT2D eigenvalue weighted by Gasteiger charge is 2.23. The number of carboxylic acid groups (broad SMARTS) is 2. The van der Waals surface area contributed by atoms with Crippen LogP contribution in [0, 0.1) is 23.7 Å². The summed E-state index contributed by atoms with van der Waals surface area (Å²) in [6.07, 6.45) is 25.2. The van der Waals surface area contributed by atoms with Crippen LogP contribution in [-0.4, -0.2) is 35.0 Å². The molecule has 87 heavy (non-hydrogen) atoms. The molecule has 1 aliphatic rings. The van der Waals surface area contributed by atoms with Gasteiger partial charge in [-0.25, -0.2) is 9.59 Å². The fourth-order valence-corrected chi connectivity index (χ4v) is 20.0. The molecule has 9 aromatic rings. The molecule has 0 spiro atoms. The summed E-state index contributed by atoms with van der Waals surface area (Å²) in [5.74, 6) is 13.1. The summed E-state index contributed by atoms with van der Waals surface area (Å²) < 4.78 is 12.5. The quantitative estimate of drug-likeness (QED) is 0.0344. The van der Waals surface area contributed by atoms with Crippen molar-refractivity contribution in [3.8, 4) is 88.0 Å². The zero-order valence-corrected chi connectivity index (χ0v) is 57.0. The number of carbonyl (C=O) groups is 2. The molecule has 0 radical (unpaired) electrons. The number of thiophene rings is 8. The van der Waals surface area contributed by atoms with Crippen molar-refractivity contribution >= 4 is 103 Å². The van der Waals surface area contributed by atoms with E-state index in [0.717, 1.165) is 135 Å². The molecule has 0 bridgehead atoms. The third kappa shape index (κ3) is 17.5. The lowest BCUT2D eigenvalue weighted by Gasteiger charge is -2.23. The Morgan fingerprint density at radius 3 is 1.22 bits per heavy atom. The van der Waals surface area contributed by atoms with Gasteiger partial charge in [0.15, 0.2) is 6.29 Å². The van der Waals surface area contributed by atoms with E-state index in [2.05, 4.69) is 118 Å². The number of benzene rings is 1. The summed E-state index contributed by atoms with van der Waals surface area (Å²) in [6.45, 7) is 9.65. The standard InChI is InChI=1S/C73H78O6S8/c1-5-9-13-17-23-50-44-63(57-36-38-61(82-57)70-52(25-19-15-11-7-3)46-65(86-70)72(74)75)84-68(50)59-34-32-55(80-59)30-28-48-41-49(43-54(42-48)79-67-27-21-22-40-78-67)29-31-56-33-35-60(81-56)69-51(24-18-14-10-6-2)45-64(85-69)58-37-39-62(83-58)71-53(26-20-16-12-8-4)47-66(87-71)73(76)77/h32-39,41-47,67H,5-27,40H2,1-4H3,(H,74,75)(H,76,77). The van der Waals surface area contributed by atoms with Crippen molar-refractivity contribution in [2.45, 2.75) is 182 Å². The van der Waals surface area contributed by atoms with Crippen molar-refractivity contribution in [2.75, 3.05) is 6.61 Å². The third-order valence-corrected chi connectivity index (χ3v) is 25.6. The Bertz CT molecular complexity index is 3610. The van der Waals surface area contributed by atoms with E-state index >= 15 is 0 Å². The Balaban J connectivity index is 0.900. The van der Waals surface area contributed by atoms with Crippen molar-refractivity contribution in [1.29, 1.82) is 0 Å². The Morgan fingerprint density at radius 2 is 0.816 bits per heavy atom. The molecule has 1 fully saturated rings. The van der Waals surface area contributed by atoms with Crippen LogP contribution in [0.4, 0.5) is 0 Å². The van der Waals surface area contributed by atoms with E-state index in [0.29, 0.717) is 22.1 Å². The summed E-state index contributed by atoms with van der Waals surface area (Å²) in [4.78, 5) is 41.6. The maximum atomic E-state index is 12.1. The monoisotopic (exact) mass is 1310 g/mol. The van der Waals surface area contributed by atoms with Crippen LogP contribution < -0.4 is 4.74 Å². The van der Waals surface area contributed by atoms with E-state index < -0.39 is 11.9 Å². The second-order valence-corrected chi connectivity index (χ2v) is 31.1. The van der Waals surface area contributed by atoms with Crippen LogP contribution in [0.1, 0.15) is 212 Å². The van der Waals surface area contributed by atoms with E-state index in [1.54, 1.807) is 45.3 Å². The predicted octanol–water partition coefficient (Wildman–Crippen LogP) is 23.8. The van der Waals surface area contributed by atoms with E-state index in [1.807, 2.05) is 46.9 Å². The molecule has 2 N–H and O–H groups in total. The van der Waals surface area contributed by atoms with Crippen LogP contribution in [0.3, 0.4) is 0 Å². The van der Waals surface area contributed by atoms with Gasteiger partial charge in [0, 0.05) is 76.1 Å². The smallest absolute Gasteiger partial charge is 0.345 e. The average Bonchev–Trinajstić information content (AvgIpc) is 2.27. The normalized spacial score (nSPS) is 13.2. The van der Waals surface area contributed by atoms with Crippen LogP contribution in [0.25, 0.3) is 58.5 Å². The number of hydrogen-bond donors (Lipinski definition) is 2. The van der Waals surface area contributed by atoms with Gasteiger partial charge in [0.1, 0.15) is 15.5 Å². The third-order valence-electron chi connectivity index (χ3n) is 15.6. The Hall–Kier alpha value is -5.36. The van der Waals surface area contributed by atoms with Gasteiger partial charge in [-0.15, -0.1) is 90.7 Å². The molecular weight excluding hydrogens is 1230 g/mol. The fraction of sp³-hybridized carbons (Fsp3) is 0.397. The molecule has 0 amide bonds. The molecule has 6 nitrogen and oxygen atoms in total. The lowest BCUT2D eigenvalue weighted by Crippen LogP contribution is -2.25. The predicted molar refractivity (Wildman–Crippen MR) is 376 cm³/mol. The van der Waals surface area contributed by atoms with Crippen molar-refractivity contribution in [2.24, 2.45) is 0 Å². The van der Waals surface area contributed by atoms with Gasteiger partial charge in [0.05, 0.1) is 16.4 Å². The second kappa shape index (κ2) is 32.4. The van der Waals surface area contributed by atoms with Crippen LogP contribution in [-0.2, 0) is 30.4 Å². The van der Waals surface area contributed by atoms with Crippen molar-refractivity contribution in [3.63, 3.8) is 0 Å². The van der Waals surface area contributed by atoms with Crippen molar-refractivity contribution in [1.82, 2.24) is 0 Å². The van der Waals surface area contributed by atoms with Gasteiger partial charge in [0.2, 0.25) is 0 Å². The molecule has 1 aromatic carbocycles. The van der Waals surface area contributed by atoms with Gasteiger partial charge in [-0.2, -0.15) is 0 Å². The number of carboxylic acids is 2. The molecule has 9 heterocycles. The zero-order chi connectivity index (χ0) is 60.5. The van der Waals surface area contributed by atoms with Gasteiger partial charge in [-0.3, -0.25) is 0 Å². The van der Waals surface area contributed by atoms with Gasteiger partial charge in [0.25, 0.3) is 0 Å². The van der Waals surface area contributed by atoms with E-state index in [4.69, 9.17) is 9.47 Å². The molecule has 14 heteroatoms. The van der Waals surface area contributed by atoms with Crippen molar-refractivity contribution in [3.05, 3.63) is 144 Å². The number of aryl methyl sites for hydroxylation is 4. The molecule has 1 saturated heterocycles. The summed E-state index contributed by atoms with van der Waals surface area (Å²) in [7, 11) is 0. The fourth-order valence-electron chi connectivity index (χ4n) is 11.0. The van der Waals surface area contributed by atoms with Crippen LogP contribution in [0.15, 0.2) is 91.0 Å². The first-order valence-corrected chi connectivity index (χ1v) is 38.0. The molecule has 0 saturated carbocycles. The molecule has 10 rings (SSSR count). The molecule has 1 unspecified atom stereocenters. The van der Waals surface area contributed by atoms with Crippen molar-refractivity contribution < 1.29 is 29.3 Å². The second-order valence-electron chi connectivity index (χ2n) is 22.5. The Labute approximate surface area is 547 Å². The first-order valence-electron chi connectivity index (χ1n) is 31.4. The molecular formula is C73H78O6S8. The van der Waals surface area contributed by atoms with Gasteiger partial charge >= 0.3 is 11.9 Å². The highest BCUT2D eigenvalue weighted by Crippen LogP contribution is 2.49. The summed E-state index contributed by atoms with van der Waals surface area (Å²) in [6, 6.07) is 32.3. The van der Waals surface area contributed by atoms with E-state index in [9.17, 15) is 19.8 Å². The molecule has 1 aliphatic heterocycles. The first kappa shape index (κ1) is 64.6. The SMILES string of the molecule is CCCCCCc1cc(C(=O)O)sc1-c1ccc(-c2cc(CCCCCC)c(-c3ccc(C#Cc4cc(C#Cc5ccc(-c6sc(-c7ccc(-c8sc(C(=O)O)cc8CCCCCC)s7)cc6CCCCCC)s5)cc(OC5CCCCO5)c4)s3)s2)s1. The van der Waals surface area contributed by atoms with E-state index in [-0.39, 0.29) is 6.29 Å². The molecule has 0 aliphatic carbocycles. The number of aromatic carboxylic acids is 2. The van der Waals surface area contributed by atoms with Gasteiger partial charge in [-0.05, 0) is 177 Å². The number of rotatable bonds is 30. The minimum Gasteiger partial charge on any atom is -0.477 e. The Kier molecular flexibility index (Phi) is 24.1. The molecule has 8 aromatic heterocycles. The van der Waals surface area contributed by atoms with Gasteiger partial charge in [-0.1, -0.05) is 128 Å². The van der Waals surface area contributed by atoms with Gasteiger partial charge < -0.3 is 19.7 Å². The maximum Gasteiger partial charge on any atom is 0.345 e. The molecule has 1 atom stereocenters. The van der Waals surface area contributed by atoms with E-state index in [1.165, 1.54) is 137 Å². The zero-order valence-electron chi connectivity index (χ0n) is 50.5. The highest BCUT2D eigenvalue weighted by atomic mass is 32.1. The van der Waals surface area contributed by atoms with Crippen LogP contribution in [0.5, 0.6) is 5.75 Å². The number of ether oxygens (including phenoxy) is 2. The minimum atomic E-state index is -0.852. The highest BCUT2D eigenvalue weighted by molar-refractivity contribution is 7.30. The molecule has 454 valence electrons. The average molecular weight is 1310 g/mol. The minimum absolute atomic E-state index is 0.306. The summed E-state index contributed by atoms with van der Waals surface area (Å²) in [5.41, 5.74) is 6.74. The first-order chi connectivity index (χ1) is 42.6.